The predicted octanol–water partition coefficient (Wildman–Crippen LogP) is -1.91. The molecule has 0 spiro atoms. The molecule has 5 aliphatic heterocycles. The zero-order valence-corrected chi connectivity index (χ0v) is 48.8. The lowest BCUT2D eigenvalue weighted by molar-refractivity contribution is -0.364. The minimum absolute atomic E-state index is 0.133. The number of hydrogen-bond donors (Lipinski definition) is 14. The third-order valence-corrected chi connectivity index (χ3v) is 22.2. The van der Waals surface area contributed by atoms with E-state index in [1.54, 1.807) is 0 Å². The van der Waals surface area contributed by atoms with E-state index in [9.17, 15) is 71.5 Å². The minimum Gasteiger partial charge on any atom is -0.432 e. The topological polar surface area (TPSA) is 393 Å². The Bertz CT molecular complexity index is 2290. The van der Waals surface area contributed by atoms with Gasteiger partial charge in [0.1, 0.15) is 104 Å². The fraction of sp³-hybridized carbons (Fsp3) is 0.948. The number of ether oxygens (including phenoxy) is 10. The van der Waals surface area contributed by atoms with Gasteiger partial charge in [0.2, 0.25) is 6.29 Å². The van der Waals surface area contributed by atoms with Crippen LogP contribution in [-0.2, 0) is 52.2 Å². The summed E-state index contributed by atoms with van der Waals surface area (Å²) in [5, 5.41) is 151. The van der Waals surface area contributed by atoms with Gasteiger partial charge < -0.3 is 119 Å². The molecule has 83 heavy (non-hydrogen) atoms. The molecule has 14 N–H and O–H groups in total. The van der Waals surface area contributed by atoms with E-state index in [2.05, 4.69) is 47.6 Å². The van der Waals surface area contributed by atoms with Crippen molar-refractivity contribution >= 4 is 5.97 Å². The molecule has 0 aromatic rings. The molecule has 0 aromatic carbocycles. The summed E-state index contributed by atoms with van der Waals surface area (Å²) in [6.45, 7) is 14.9. The Morgan fingerprint density at radius 1 is 0.542 bits per heavy atom. The van der Waals surface area contributed by atoms with E-state index in [0.717, 1.165) is 32.1 Å². The van der Waals surface area contributed by atoms with Gasteiger partial charge in [-0.2, -0.15) is 0 Å². The van der Waals surface area contributed by atoms with Crippen molar-refractivity contribution in [1.82, 2.24) is 0 Å². The second kappa shape index (κ2) is 23.9. The standard InChI is InChI=1S/C58H94O25/c1-23-34(61)38(65)42(69)49(76-23)81-46-29(20-59)78-48(45(72)41(46)68)75-22-30-37(64)40(67)44(71)51(79-30)83-53(73)58-16-11-26-25(27(58)19-54(3,4)17-18-58)9-10-32-56(26,7)14-12-31-55(5,6)33(13-15-57(31,32)8)80-52-47(36(63)28(60)21-74-52)82-50-43(70)39(66)35(62)24(2)77-50/h9,23-24,26-52,59-72H,10-22H2,1-8H3. The molecule has 10 aliphatic rings. The molecule has 32 unspecified atom stereocenters. The predicted molar refractivity (Wildman–Crippen MR) is 282 cm³/mol. The average Bonchev–Trinajstić information content (AvgIpc) is 1.49. The Labute approximate surface area is 483 Å². The Kier molecular flexibility index (Phi) is 18.5. The van der Waals surface area contributed by atoms with Gasteiger partial charge >= 0.3 is 5.97 Å². The molecule has 25 nitrogen and oxygen atoms in total. The monoisotopic (exact) mass is 1190 g/mol. The molecule has 10 rings (SSSR count). The number of allylic oxidation sites excluding steroid dienone is 2. The van der Waals surface area contributed by atoms with Gasteiger partial charge in [0.05, 0.1) is 43.5 Å². The summed E-state index contributed by atoms with van der Waals surface area (Å²) < 4.78 is 59.5. The van der Waals surface area contributed by atoms with Crippen molar-refractivity contribution in [3.05, 3.63) is 11.6 Å². The summed E-state index contributed by atoms with van der Waals surface area (Å²) in [4.78, 5) is 15.1. The van der Waals surface area contributed by atoms with Crippen LogP contribution in [0.2, 0.25) is 0 Å². The van der Waals surface area contributed by atoms with E-state index < -0.39 is 177 Å². The molecule has 0 amide bonds. The van der Waals surface area contributed by atoms with Crippen molar-refractivity contribution in [2.45, 2.75) is 273 Å². The van der Waals surface area contributed by atoms with Crippen molar-refractivity contribution in [3.63, 3.8) is 0 Å². The van der Waals surface area contributed by atoms with Crippen LogP contribution in [0.1, 0.15) is 120 Å². The zero-order valence-electron chi connectivity index (χ0n) is 48.8. The first-order valence-corrected chi connectivity index (χ1v) is 30.1. The molecule has 9 fully saturated rings. The van der Waals surface area contributed by atoms with Gasteiger partial charge in [0.25, 0.3) is 0 Å². The van der Waals surface area contributed by atoms with E-state index in [1.807, 2.05) is 0 Å². The Morgan fingerprint density at radius 3 is 1.76 bits per heavy atom. The third kappa shape index (κ3) is 11.2. The largest absolute Gasteiger partial charge is 0.432 e. The van der Waals surface area contributed by atoms with E-state index in [4.69, 9.17) is 47.4 Å². The van der Waals surface area contributed by atoms with Gasteiger partial charge in [0.15, 0.2) is 25.2 Å². The highest BCUT2D eigenvalue weighted by molar-refractivity contribution is 5.79. The van der Waals surface area contributed by atoms with Gasteiger partial charge in [-0.15, -0.1) is 0 Å². The SMILES string of the molecule is CC1OC(OC2C(CO)OC(OCC3OC(OC(=O)C45CCC6C(=CCC7C6(C)CCC6C(C)(C)C(OC8OCC(O)C(O)C8OC8OC(C)C(O)C(O)C8O)CCC67C)C4CC(C)(C)CC5)C(O)C(O)C3O)C(O)C2O)C(O)C(O)C1O. The summed E-state index contributed by atoms with van der Waals surface area (Å²) in [5.41, 5.74) is -0.619. The first-order valence-electron chi connectivity index (χ1n) is 30.1. The Hall–Kier alpha value is -1.71. The van der Waals surface area contributed by atoms with Crippen LogP contribution in [0.3, 0.4) is 0 Å². The summed E-state index contributed by atoms with van der Waals surface area (Å²) in [5.74, 6) is -0.217. The molecule has 476 valence electrons. The molecule has 4 saturated carbocycles. The molecule has 0 bridgehead atoms. The Morgan fingerprint density at radius 2 is 1.12 bits per heavy atom. The summed E-state index contributed by atoms with van der Waals surface area (Å²) in [6.07, 6.45) is -27.7. The molecule has 5 aliphatic carbocycles. The number of aliphatic hydroxyl groups is 14. The van der Waals surface area contributed by atoms with Gasteiger partial charge in [0, 0.05) is 0 Å². The van der Waals surface area contributed by atoms with Crippen LogP contribution in [0.5, 0.6) is 0 Å². The molecular weight excluding hydrogens is 1100 g/mol. The highest BCUT2D eigenvalue weighted by Gasteiger charge is 2.67. The van der Waals surface area contributed by atoms with E-state index >= 15 is 4.79 Å². The highest BCUT2D eigenvalue weighted by atomic mass is 16.8. The molecule has 0 aromatic heterocycles. The summed E-state index contributed by atoms with van der Waals surface area (Å²) >= 11 is 0. The number of aliphatic hydroxyl groups excluding tert-OH is 14. The quantitative estimate of drug-likeness (QED) is 0.0576. The molecule has 5 heterocycles. The number of hydrogen-bond acceptors (Lipinski definition) is 25. The van der Waals surface area contributed by atoms with Crippen LogP contribution in [-0.4, -0.2) is 251 Å². The van der Waals surface area contributed by atoms with Crippen LogP contribution in [0, 0.1) is 50.7 Å². The average molecular weight is 1190 g/mol. The summed E-state index contributed by atoms with van der Waals surface area (Å²) in [7, 11) is 0. The third-order valence-electron chi connectivity index (χ3n) is 22.2. The highest BCUT2D eigenvalue weighted by Crippen LogP contribution is 2.72. The zero-order chi connectivity index (χ0) is 60.4. The van der Waals surface area contributed by atoms with Crippen LogP contribution < -0.4 is 0 Å². The van der Waals surface area contributed by atoms with Crippen molar-refractivity contribution in [1.29, 1.82) is 0 Å². The maximum atomic E-state index is 15.1. The number of carbonyl (C=O) groups is 1. The van der Waals surface area contributed by atoms with E-state index in [-0.39, 0.29) is 52.6 Å². The van der Waals surface area contributed by atoms with Crippen molar-refractivity contribution in [2.75, 3.05) is 19.8 Å². The van der Waals surface area contributed by atoms with Gasteiger partial charge in [-0.3, -0.25) is 4.79 Å². The first kappa shape index (κ1) is 64.3. The van der Waals surface area contributed by atoms with Crippen LogP contribution in [0.25, 0.3) is 0 Å². The van der Waals surface area contributed by atoms with Gasteiger partial charge in [-0.25, -0.2) is 0 Å². The fourth-order valence-electron chi connectivity index (χ4n) is 17.2. The molecule has 32 atom stereocenters. The Balaban J connectivity index is 0.812. The van der Waals surface area contributed by atoms with Crippen molar-refractivity contribution in [3.8, 4) is 0 Å². The lowest BCUT2D eigenvalue weighted by Crippen LogP contribution is -2.65. The number of rotatable bonds is 12. The van der Waals surface area contributed by atoms with Crippen LogP contribution >= 0.6 is 0 Å². The number of carbonyl (C=O) groups excluding carboxylic acids is 1. The lowest BCUT2D eigenvalue weighted by atomic mass is 9.37. The fourth-order valence-corrected chi connectivity index (χ4v) is 17.2. The van der Waals surface area contributed by atoms with E-state index in [1.165, 1.54) is 19.4 Å². The van der Waals surface area contributed by atoms with Crippen molar-refractivity contribution in [2.24, 2.45) is 50.7 Å². The maximum Gasteiger partial charge on any atom is 0.315 e. The number of esters is 1. The smallest absolute Gasteiger partial charge is 0.315 e. The van der Waals surface area contributed by atoms with E-state index in [0.29, 0.717) is 32.1 Å². The van der Waals surface area contributed by atoms with Gasteiger partial charge in [-0.1, -0.05) is 53.2 Å². The first-order chi connectivity index (χ1) is 38.9. The maximum absolute atomic E-state index is 15.1. The van der Waals surface area contributed by atoms with Crippen molar-refractivity contribution < 1.29 is 124 Å². The minimum atomic E-state index is -1.88. The van der Waals surface area contributed by atoms with Crippen LogP contribution in [0.4, 0.5) is 0 Å². The second-order valence-corrected chi connectivity index (χ2v) is 28.0. The second-order valence-electron chi connectivity index (χ2n) is 28.0. The lowest BCUT2D eigenvalue weighted by Gasteiger charge is -2.68. The normalized spacial score (nSPS) is 54.2. The molecule has 5 saturated heterocycles. The van der Waals surface area contributed by atoms with Crippen LogP contribution in [0.15, 0.2) is 11.6 Å². The molecular formula is C58H94O25. The van der Waals surface area contributed by atoms with Gasteiger partial charge in [-0.05, 0) is 123 Å². The molecule has 25 heteroatoms. The molecule has 0 radical (unpaired) electrons. The number of fused-ring (bicyclic) bond motifs is 7. The summed E-state index contributed by atoms with van der Waals surface area (Å²) in [6, 6.07) is 0.